The van der Waals surface area contributed by atoms with Crippen molar-refractivity contribution in [1.82, 2.24) is 4.90 Å². The summed E-state index contributed by atoms with van der Waals surface area (Å²) in [6, 6.07) is 17.7. The third-order valence-corrected chi connectivity index (χ3v) is 5.65. The van der Waals surface area contributed by atoms with E-state index < -0.39 is 10.8 Å². The molecule has 0 aromatic heterocycles. The molecule has 4 rings (SSSR count). The van der Waals surface area contributed by atoms with Crippen LogP contribution < -0.4 is 4.74 Å². The van der Waals surface area contributed by atoms with Gasteiger partial charge in [0, 0.05) is 17.7 Å². The second kappa shape index (κ2) is 8.00. The molecule has 0 unspecified atom stereocenters. The summed E-state index contributed by atoms with van der Waals surface area (Å²) in [6.45, 7) is 0.152. The molecule has 1 aliphatic heterocycles. The van der Waals surface area contributed by atoms with Crippen molar-refractivity contribution in [3.63, 3.8) is 0 Å². The van der Waals surface area contributed by atoms with Gasteiger partial charge in [0.05, 0.1) is 23.5 Å². The quantitative estimate of drug-likeness (QED) is 0.328. The van der Waals surface area contributed by atoms with Gasteiger partial charge < -0.3 is 4.74 Å². The van der Waals surface area contributed by atoms with Gasteiger partial charge in [-0.05, 0) is 46.3 Å². The number of nitro benzene ring substituents is 1. The molecule has 0 saturated carbocycles. The molecule has 3 aromatic carbocycles. The maximum atomic E-state index is 12.8. The Balaban J connectivity index is 1.62. The third kappa shape index (κ3) is 3.77. The maximum Gasteiger partial charge on any atom is 0.293 e. The summed E-state index contributed by atoms with van der Waals surface area (Å²) >= 11 is 0.806. The van der Waals surface area contributed by atoms with E-state index in [0.717, 1.165) is 28.1 Å². The molecule has 0 radical (unpaired) electrons. The molecule has 0 spiro atoms. The number of non-ortho nitro benzene ring substituents is 1. The fraction of sp³-hybridized carbons (Fsp3) is 0.0909. The number of carbonyl (C=O) groups excluding carboxylic acids is 2. The number of rotatable bonds is 5. The number of carbonyl (C=O) groups is 2. The molecule has 150 valence electrons. The smallest absolute Gasteiger partial charge is 0.293 e. The number of nitro groups is 1. The highest BCUT2D eigenvalue weighted by atomic mass is 32.2. The predicted molar refractivity (Wildman–Crippen MR) is 115 cm³/mol. The first kappa shape index (κ1) is 19.7. The minimum absolute atomic E-state index is 0.127. The fourth-order valence-corrected chi connectivity index (χ4v) is 4.07. The molecular formula is C22H16N2O5S. The number of methoxy groups -OCH3 is 1. The van der Waals surface area contributed by atoms with Crippen LogP contribution in [0.3, 0.4) is 0 Å². The molecule has 1 saturated heterocycles. The lowest BCUT2D eigenvalue weighted by Gasteiger charge is -2.13. The van der Waals surface area contributed by atoms with Crippen molar-refractivity contribution >= 4 is 45.4 Å². The van der Waals surface area contributed by atoms with Gasteiger partial charge in [-0.1, -0.05) is 36.4 Å². The zero-order valence-corrected chi connectivity index (χ0v) is 16.7. The minimum atomic E-state index is -0.526. The molecule has 7 nitrogen and oxygen atoms in total. The van der Waals surface area contributed by atoms with E-state index in [-0.39, 0.29) is 22.4 Å². The maximum absolute atomic E-state index is 12.8. The fourth-order valence-electron chi connectivity index (χ4n) is 3.25. The Hall–Kier alpha value is -3.65. The Morgan fingerprint density at radius 2 is 1.83 bits per heavy atom. The molecule has 8 heteroatoms. The van der Waals surface area contributed by atoms with E-state index in [9.17, 15) is 19.7 Å². The number of nitrogens with zero attached hydrogens (tertiary/aromatic N) is 2. The van der Waals surface area contributed by atoms with Crippen LogP contribution in [0.4, 0.5) is 10.5 Å². The second-order valence-corrected chi connectivity index (χ2v) is 7.63. The van der Waals surface area contributed by atoms with Crippen LogP contribution in [0.2, 0.25) is 0 Å². The van der Waals surface area contributed by atoms with Crippen LogP contribution in [-0.4, -0.2) is 28.1 Å². The molecular weight excluding hydrogens is 404 g/mol. The zero-order chi connectivity index (χ0) is 21.3. The van der Waals surface area contributed by atoms with Gasteiger partial charge in [0.25, 0.3) is 16.8 Å². The Labute approximate surface area is 176 Å². The van der Waals surface area contributed by atoms with Crippen molar-refractivity contribution in [3.8, 4) is 5.75 Å². The lowest BCUT2D eigenvalue weighted by atomic mass is 10.1. The third-order valence-electron chi connectivity index (χ3n) is 4.74. The highest BCUT2D eigenvalue weighted by molar-refractivity contribution is 8.18. The van der Waals surface area contributed by atoms with Crippen LogP contribution in [0.25, 0.3) is 16.8 Å². The molecule has 0 bridgehead atoms. The Morgan fingerprint density at radius 1 is 1.07 bits per heavy atom. The largest absolute Gasteiger partial charge is 0.496 e. The van der Waals surface area contributed by atoms with Gasteiger partial charge in [-0.25, -0.2) is 0 Å². The Morgan fingerprint density at radius 3 is 2.57 bits per heavy atom. The van der Waals surface area contributed by atoms with Gasteiger partial charge in [0.1, 0.15) is 5.75 Å². The Kier molecular flexibility index (Phi) is 5.24. The molecule has 1 heterocycles. The summed E-state index contributed by atoms with van der Waals surface area (Å²) < 4.78 is 5.23. The first-order chi connectivity index (χ1) is 14.5. The van der Waals surface area contributed by atoms with E-state index in [1.54, 1.807) is 0 Å². The van der Waals surface area contributed by atoms with E-state index in [2.05, 4.69) is 0 Å². The zero-order valence-electron chi connectivity index (χ0n) is 15.9. The van der Waals surface area contributed by atoms with Crippen LogP contribution in [-0.2, 0) is 11.3 Å². The summed E-state index contributed by atoms with van der Waals surface area (Å²) in [5.74, 6) is -0.0614. The number of hydrogen-bond acceptors (Lipinski definition) is 6. The normalized spacial score (nSPS) is 15.2. The molecule has 30 heavy (non-hydrogen) atoms. The van der Waals surface area contributed by atoms with Crippen molar-refractivity contribution in [2.75, 3.05) is 7.11 Å². The lowest BCUT2D eigenvalue weighted by molar-refractivity contribution is -0.384. The lowest BCUT2D eigenvalue weighted by Crippen LogP contribution is -2.27. The number of hydrogen-bond donors (Lipinski definition) is 0. The molecule has 2 amide bonds. The van der Waals surface area contributed by atoms with E-state index in [1.165, 1.54) is 36.3 Å². The van der Waals surface area contributed by atoms with Gasteiger partial charge in [-0.15, -0.1) is 0 Å². The van der Waals surface area contributed by atoms with Gasteiger partial charge in [-0.2, -0.15) is 0 Å². The van der Waals surface area contributed by atoms with Crippen molar-refractivity contribution in [3.05, 3.63) is 86.8 Å². The average Bonchev–Trinajstić information content (AvgIpc) is 3.01. The predicted octanol–water partition coefficient (Wildman–Crippen LogP) is 4.99. The first-order valence-electron chi connectivity index (χ1n) is 9.02. The molecule has 1 aliphatic rings. The number of ether oxygens (including phenoxy) is 1. The van der Waals surface area contributed by atoms with Crippen LogP contribution in [0.5, 0.6) is 5.75 Å². The number of thioether (sulfide) groups is 1. The summed E-state index contributed by atoms with van der Waals surface area (Å²) in [5, 5.41) is 12.8. The van der Waals surface area contributed by atoms with Crippen molar-refractivity contribution in [2.24, 2.45) is 0 Å². The van der Waals surface area contributed by atoms with E-state index in [4.69, 9.17) is 4.74 Å². The Bertz CT molecular complexity index is 1220. The number of fused-ring (bicyclic) bond motifs is 1. The second-order valence-electron chi connectivity index (χ2n) is 6.63. The summed E-state index contributed by atoms with van der Waals surface area (Å²) in [6.07, 6.45) is 1.46. The highest BCUT2D eigenvalue weighted by Gasteiger charge is 2.35. The monoisotopic (exact) mass is 420 g/mol. The molecule has 0 aliphatic carbocycles. The van der Waals surface area contributed by atoms with E-state index in [0.29, 0.717) is 11.3 Å². The van der Waals surface area contributed by atoms with Gasteiger partial charge in [0.15, 0.2) is 0 Å². The SMILES string of the molecule is COc1ccc([N+](=O)[O-])cc1/C=C1\SC(=O)N(Cc2ccc3ccccc3c2)C1=O. The molecule has 0 atom stereocenters. The van der Waals surface area contributed by atoms with E-state index >= 15 is 0 Å². The standard InChI is InChI=1S/C22H16N2O5S/c1-29-19-9-8-18(24(27)28)11-17(19)12-20-21(25)23(22(26)30-20)13-14-6-7-15-4-2-3-5-16(15)10-14/h2-12H,13H2,1H3/b20-12-. The molecule has 1 fully saturated rings. The summed E-state index contributed by atoms with van der Waals surface area (Å²) in [7, 11) is 1.43. The highest BCUT2D eigenvalue weighted by Crippen LogP contribution is 2.36. The first-order valence-corrected chi connectivity index (χ1v) is 9.83. The van der Waals surface area contributed by atoms with Gasteiger partial charge >= 0.3 is 0 Å². The molecule has 0 N–H and O–H groups in total. The molecule has 3 aromatic rings. The topological polar surface area (TPSA) is 89.8 Å². The van der Waals surface area contributed by atoms with Crippen molar-refractivity contribution < 1.29 is 19.2 Å². The van der Waals surface area contributed by atoms with Crippen molar-refractivity contribution in [1.29, 1.82) is 0 Å². The van der Waals surface area contributed by atoms with Crippen LogP contribution in [0.15, 0.2) is 65.6 Å². The van der Waals surface area contributed by atoms with Crippen LogP contribution in [0.1, 0.15) is 11.1 Å². The van der Waals surface area contributed by atoms with Crippen molar-refractivity contribution in [2.45, 2.75) is 6.54 Å². The van der Waals surface area contributed by atoms with Crippen LogP contribution in [0, 0.1) is 10.1 Å². The average molecular weight is 420 g/mol. The van der Waals surface area contributed by atoms with Gasteiger partial charge in [0.2, 0.25) is 0 Å². The van der Waals surface area contributed by atoms with Crippen LogP contribution >= 0.6 is 11.8 Å². The summed E-state index contributed by atoms with van der Waals surface area (Å²) in [5.41, 5.74) is 1.07. The van der Waals surface area contributed by atoms with E-state index in [1.807, 2.05) is 42.5 Å². The van der Waals surface area contributed by atoms with Gasteiger partial charge in [-0.3, -0.25) is 24.6 Å². The number of benzene rings is 3. The number of amides is 2. The summed E-state index contributed by atoms with van der Waals surface area (Å²) in [4.78, 5) is 37.2. The number of imide groups is 1. The minimum Gasteiger partial charge on any atom is -0.496 e.